The molecule has 0 radical (unpaired) electrons. The third-order valence-corrected chi connectivity index (χ3v) is 2.56. The van der Waals surface area contributed by atoms with E-state index in [0.717, 1.165) is 25.1 Å². The number of hydrogen-bond acceptors (Lipinski definition) is 2. The van der Waals surface area contributed by atoms with Crippen molar-refractivity contribution in [1.82, 2.24) is 5.32 Å². The Kier molecular flexibility index (Phi) is 5.65. The van der Waals surface area contributed by atoms with Crippen molar-refractivity contribution in [3.05, 3.63) is 42.5 Å². The number of nitrogens with one attached hydrogen (secondary N) is 1. The van der Waals surface area contributed by atoms with Crippen molar-refractivity contribution < 1.29 is 4.74 Å². The molecule has 0 bridgehead atoms. The van der Waals surface area contributed by atoms with Crippen molar-refractivity contribution in [2.45, 2.75) is 25.8 Å². The van der Waals surface area contributed by atoms with Crippen LogP contribution in [0.1, 0.15) is 31.4 Å². The van der Waals surface area contributed by atoms with Crippen LogP contribution in [0.2, 0.25) is 0 Å². The molecule has 0 heterocycles. The maximum atomic E-state index is 5.15. The molecule has 0 amide bonds. The zero-order chi connectivity index (χ0) is 11.8. The van der Waals surface area contributed by atoms with E-state index < -0.39 is 0 Å². The van der Waals surface area contributed by atoms with Gasteiger partial charge in [-0.1, -0.05) is 25.1 Å². The number of hydrogen-bond donors (Lipinski definition) is 1. The smallest absolute Gasteiger partial charge is 0.118 e. The van der Waals surface area contributed by atoms with E-state index in [1.54, 1.807) is 7.11 Å². The molecule has 16 heavy (non-hydrogen) atoms. The molecule has 1 rings (SSSR count). The largest absolute Gasteiger partial charge is 0.497 e. The fraction of sp³-hybridized carbons (Fsp3) is 0.429. The minimum atomic E-state index is 0.364. The van der Waals surface area contributed by atoms with Gasteiger partial charge in [0.05, 0.1) is 7.11 Å². The topological polar surface area (TPSA) is 21.3 Å². The molecule has 2 heteroatoms. The highest BCUT2D eigenvalue weighted by Gasteiger charge is 2.08. The summed E-state index contributed by atoms with van der Waals surface area (Å²) in [4.78, 5) is 0. The van der Waals surface area contributed by atoms with Gasteiger partial charge in [0.15, 0.2) is 0 Å². The van der Waals surface area contributed by atoms with Crippen LogP contribution < -0.4 is 10.1 Å². The second-order valence-electron chi connectivity index (χ2n) is 3.80. The first kappa shape index (κ1) is 12.8. The molecule has 0 spiro atoms. The molecule has 0 aliphatic heterocycles. The molecule has 0 saturated carbocycles. The molecule has 0 fully saturated rings. The quantitative estimate of drug-likeness (QED) is 0.710. The van der Waals surface area contributed by atoms with Crippen LogP contribution in [0.5, 0.6) is 5.75 Å². The lowest BCUT2D eigenvalue weighted by Gasteiger charge is -2.17. The second-order valence-corrected chi connectivity index (χ2v) is 3.80. The van der Waals surface area contributed by atoms with Crippen LogP contribution in [0.25, 0.3) is 0 Å². The summed E-state index contributed by atoms with van der Waals surface area (Å²) in [7, 11) is 1.69. The average molecular weight is 219 g/mol. The van der Waals surface area contributed by atoms with Crippen molar-refractivity contribution in [3.8, 4) is 5.75 Å². The zero-order valence-corrected chi connectivity index (χ0v) is 10.2. The van der Waals surface area contributed by atoms with Crippen molar-refractivity contribution >= 4 is 0 Å². The standard InChI is InChI=1S/C14H21NO/c1-4-6-14(15-11-5-2)12-7-9-13(16-3)10-8-12/h4,7-10,14-15H,1,5-6,11H2,2-3H3. The lowest BCUT2D eigenvalue weighted by Crippen LogP contribution is -2.21. The number of ether oxygens (including phenoxy) is 1. The average Bonchev–Trinajstić information content (AvgIpc) is 2.35. The van der Waals surface area contributed by atoms with Crippen LogP contribution in [0, 0.1) is 0 Å². The van der Waals surface area contributed by atoms with Gasteiger partial charge in [-0.3, -0.25) is 0 Å². The SMILES string of the molecule is C=CCC(NCCC)c1ccc(OC)cc1. The van der Waals surface area contributed by atoms with Crippen LogP contribution in [-0.2, 0) is 0 Å². The van der Waals surface area contributed by atoms with Crippen LogP contribution in [0.4, 0.5) is 0 Å². The van der Waals surface area contributed by atoms with Gasteiger partial charge in [-0.25, -0.2) is 0 Å². The minimum Gasteiger partial charge on any atom is -0.497 e. The van der Waals surface area contributed by atoms with E-state index in [4.69, 9.17) is 4.74 Å². The first-order chi connectivity index (χ1) is 7.81. The number of methoxy groups -OCH3 is 1. The second kappa shape index (κ2) is 7.07. The normalized spacial score (nSPS) is 12.1. The Labute approximate surface area is 98.3 Å². The Morgan fingerprint density at radius 3 is 2.56 bits per heavy atom. The van der Waals surface area contributed by atoms with Gasteiger partial charge < -0.3 is 10.1 Å². The van der Waals surface area contributed by atoms with Gasteiger partial charge in [0.1, 0.15) is 5.75 Å². The third-order valence-electron chi connectivity index (χ3n) is 2.56. The highest BCUT2D eigenvalue weighted by Crippen LogP contribution is 2.20. The molecular formula is C14H21NO. The van der Waals surface area contributed by atoms with E-state index in [0.29, 0.717) is 6.04 Å². The number of benzene rings is 1. The number of rotatable bonds is 7. The molecular weight excluding hydrogens is 198 g/mol. The van der Waals surface area contributed by atoms with E-state index in [1.807, 2.05) is 18.2 Å². The summed E-state index contributed by atoms with van der Waals surface area (Å²) in [6, 6.07) is 8.58. The van der Waals surface area contributed by atoms with Crippen molar-refractivity contribution in [2.24, 2.45) is 0 Å². The minimum absolute atomic E-state index is 0.364. The fourth-order valence-corrected chi connectivity index (χ4v) is 1.66. The highest BCUT2D eigenvalue weighted by atomic mass is 16.5. The Morgan fingerprint density at radius 2 is 2.06 bits per heavy atom. The van der Waals surface area contributed by atoms with E-state index >= 15 is 0 Å². The molecule has 0 aliphatic carbocycles. The molecule has 1 unspecified atom stereocenters. The van der Waals surface area contributed by atoms with Crippen molar-refractivity contribution in [1.29, 1.82) is 0 Å². The molecule has 0 saturated heterocycles. The van der Waals surface area contributed by atoms with Crippen LogP contribution in [0.3, 0.4) is 0 Å². The summed E-state index contributed by atoms with van der Waals surface area (Å²) in [5.41, 5.74) is 1.29. The van der Waals surface area contributed by atoms with Crippen LogP contribution in [0.15, 0.2) is 36.9 Å². The summed E-state index contributed by atoms with van der Waals surface area (Å²) < 4.78 is 5.15. The summed E-state index contributed by atoms with van der Waals surface area (Å²) in [6.45, 7) is 7.01. The Balaban J connectivity index is 2.70. The summed E-state index contributed by atoms with van der Waals surface area (Å²) in [6.07, 6.45) is 4.05. The van der Waals surface area contributed by atoms with Crippen LogP contribution >= 0.6 is 0 Å². The van der Waals surface area contributed by atoms with Gasteiger partial charge >= 0.3 is 0 Å². The lowest BCUT2D eigenvalue weighted by molar-refractivity contribution is 0.414. The van der Waals surface area contributed by atoms with Gasteiger partial charge in [0, 0.05) is 6.04 Å². The van der Waals surface area contributed by atoms with Gasteiger partial charge in [-0.15, -0.1) is 6.58 Å². The Bertz CT molecular complexity index is 305. The van der Waals surface area contributed by atoms with Gasteiger partial charge in [-0.2, -0.15) is 0 Å². The van der Waals surface area contributed by atoms with Crippen LogP contribution in [-0.4, -0.2) is 13.7 Å². The first-order valence-electron chi connectivity index (χ1n) is 5.80. The highest BCUT2D eigenvalue weighted by molar-refractivity contribution is 5.29. The monoisotopic (exact) mass is 219 g/mol. The van der Waals surface area contributed by atoms with E-state index in [-0.39, 0.29) is 0 Å². The third kappa shape index (κ3) is 3.70. The molecule has 1 atom stereocenters. The molecule has 0 aromatic heterocycles. The van der Waals surface area contributed by atoms with Crippen molar-refractivity contribution in [3.63, 3.8) is 0 Å². The summed E-state index contributed by atoms with van der Waals surface area (Å²) in [5.74, 6) is 0.900. The van der Waals surface area contributed by atoms with E-state index in [9.17, 15) is 0 Å². The predicted octanol–water partition coefficient (Wildman–Crippen LogP) is 3.31. The Morgan fingerprint density at radius 1 is 1.38 bits per heavy atom. The summed E-state index contributed by atoms with van der Waals surface area (Å²) >= 11 is 0. The lowest BCUT2D eigenvalue weighted by atomic mass is 10.0. The maximum absolute atomic E-state index is 5.15. The van der Waals surface area contributed by atoms with E-state index in [1.165, 1.54) is 5.56 Å². The van der Waals surface area contributed by atoms with E-state index in [2.05, 4.69) is 31.0 Å². The van der Waals surface area contributed by atoms with Gasteiger partial charge in [-0.05, 0) is 37.1 Å². The zero-order valence-electron chi connectivity index (χ0n) is 10.2. The maximum Gasteiger partial charge on any atom is 0.118 e. The molecule has 2 nitrogen and oxygen atoms in total. The first-order valence-corrected chi connectivity index (χ1v) is 5.80. The Hall–Kier alpha value is -1.28. The predicted molar refractivity (Wildman–Crippen MR) is 68.8 cm³/mol. The molecule has 0 aliphatic rings. The molecule has 1 N–H and O–H groups in total. The summed E-state index contributed by atoms with van der Waals surface area (Å²) in [5, 5.41) is 3.51. The molecule has 1 aromatic rings. The molecule has 1 aromatic carbocycles. The van der Waals surface area contributed by atoms with Gasteiger partial charge in [0.25, 0.3) is 0 Å². The van der Waals surface area contributed by atoms with Gasteiger partial charge in [0.2, 0.25) is 0 Å². The molecule has 88 valence electrons. The van der Waals surface area contributed by atoms with Crippen molar-refractivity contribution in [2.75, 3.05) is 13.7 Å². The fourth-order valence-electron chi connectivity index (χ4n) is 1.66.